The summed E-state index contributed by atoms with van der Waals surface area (Å²) in [5, 5.41) is 5.90. The molecule has 0 saturated heterocycles. The second-order valence-corrected chi connectivity index (χ2v) is 6.64. The van der Waals surface area contributed by atoms with Crippen LogP contribution in [0.3, 0.4) is 0 Å². The average molecular weight is 354 g/mol. The standard InChI is InChI=1S/C16H18BrClN2/c17-15-6-2-5-14-13(15)7-8-19-16(14)20-10-12-4-1-3-11(12)9-18/h2,5-8,11-12H,1,3-4,9-10H2,(H,19,20). The number of hydrogen-bond donors (Lipinski definition) is 1. The largest absolute Gasteiger partial charge is 0.369 e. The van der Waals surface area contributed by atoms with Gasteiger partial charge in [0.05, 0.1) is 0 Å². The van der Waals surface area contributed by atoms with Crippen LogP contribution in [0.25, 0.3) is 10.8 Å². The highest BCUT2D eigenvalue weighted by molar-refractivity contribution is 9.10. The Bertz CT molecular complexity index is 602. The van der Waals surface area contributed by atoms with Crippen molar-refractivity contribution in [2.45, 2.75) is 19.3 Å². The van der Waals surface area contributed by atoms with Gasteiger partial charge in [0, 0.05) is 33.9 Å². The lowest BCUT2D eigenvalue weighted by molar-refractivity contribution is 0.444. The fourth-order valence-electron chi connectivity index (χ4n) is 3.12. The molecular formula is C16H18BrClN2. The molecule has 2 nitrogen and oxygen atoms in total. The molecular weight excluding hydrogens is 336 g/mol. The molecule has 1 aliphatic carbocycles. The van der Waals surface area contributed by atoms with E-state index in [9.17, 15) is 0 Å². The van der Waals surface area contributed by atoms with Crippen LogP contribution in [0.15, 0.2) is 34.9 Å². The zero-order chi connectivity index (χ0) is 13.9. The van der Waals surface area contributed by atoms with Crippen LogP contribution in [0, 0.1) is 11.8 Å². The predicted octanol–water partition coefficient (Wildman–Crippen LogP) is 5.06. The monoisotopic (exact) mass is 352 g/mol. The summed E-state index contributed by atoms with van der Waals surface area (Å²) in [6.45, 7) is 0.968. The van der Waals surface area contributed by atoms with Crippen molar-refractivity contribution in [1.29, 1.82) is 0 Å². The Morgan fingerprint density at radius 3 is 2.90 bits per heavy atom. The third kappa shape index (κ3) is 2.79. The number of nitrogens with one attached hydrogen (secondary N) is 1. The summed E-state index contributed by atoms with van der Waals surface area (Å²) in [6.07, 6.45) is 5.71. The Labute approximate surface area is 133 Å². The topological polar surface area (TPSA) is 24.9 Å². The molecule has 4 heteroatoms. The maximum Gasteiger partial charge on any atom is 0.133 e. The van der Waals surface area contributed by atoms with Gasteiger partial charge >= 0.3 is 0 Å². The Kier molecular flexibility index (Phi) is 4.47. The molecule has 0 radical (unpaired) electrons. The van der Waals surface area contributed by atoms with Gasteiger partial charge in [-0.1, -0.05) is 34.5 Å². The zero-order valence-electron chi connectivity index (χ0n) is 11.3. The summed E-state index contributed by atoms with van der Waals surface area (Å²) in [4.78, 5) is 4.49. The quantitative estimate of drug-likeness (QED) is 0.777. The molecule has 0 spiro atoms. The van der Waals surface area contributed by atoms with Crippen LogP contribution in [-0.4, -0.2) is 17.4 Å². The fraction of sp³-hybridized carbons (Fsp3) is 0.438. The molecule has 1 aromatic heterocycles. The van der Waals surface area contributed by atoms with Crippen LogP contribution in [0.5, 0.6) is 0 Å². The average Bonchev–Trinajstić information content (AvgIpc) is 2.93. The van der Waals surface area contributed by atoms with Gasteiger partial charge in [0.2, 0.25) is 0 Å². The van der Waals surface area contributed by atoms with Gasteiger partial charge in [-0.05, 0) is 36.8 Å². The molecule has 2 aromatic rings. The van der Waals surface area contributed by atoms with Crippen molar-refractivity contribution < 1.29 is 0 Å². The normalized spacial score (nSPS) is 22.3. The number of halogens is 2. The van der Waals surface area contributed by atoms with Gasteiger partial charge in [-0.2, -0.15) is 0 Å². The van der Waals surface area contributed by atoms with E-state index in [2.05, 4.69) is 44.4 Å². The summed E-state index contributed by atoms with van der Waals surface area (Å²) in [6, 6.07) is 8.27. The summed E-state index contributed by atoms with van der Waals surface area (Å²) in [7, 11) is 0. The molecule has 1 aromatic carbocycles. The van der Waals surface area contributed by atoms with Crippen molar-refractivity contribution >= 4 is 44.1 Å². The van der Waals surface area contributed by atoms with Crippen molar-refractivity contribution in [3.8, 4) is 0 Å². The minimum absolute atomic E-state index is 0.658. The molecule has 2 atom stereocenters. The van der Waals surface area contributed by atoms with Crippen LogP contribution in [-0.2, 0) is 0 Å². The fourth-order valence-corrected chi connectivity index (χ4v) is 4.03. The number of benzene rings is 1. The van der Waals surface area contributed by atoms with Crippen molar-refractivity contribution in [3.63, 3.8) is 0 Å². The number of alkyl halides is 1. The highest BCUT2D eigenvalue weighted by Gasteiger charge is 2.26. The van der Waals surface area contributed by atoms with Crippen molar-refractivity contribution in [2.24, 2.45) is 11.8 Å². The molecule has 20 heavy (non-hydrogen) atoms. The second kappa shape index (κ2) is 6.31. The molecule has 1 saturated carbocycles. The predicted molar refractivity (Wildman–Crippen MR) is 89.5 cm³/mol. The number of anilines is 1. The highest BCUT2D eigenvalue weighted by atomic mass is 79.9. The molecule has 1 aliphatic rings. The van der Waals surface area contributed by atoms with Gasteiger partial charge in [-0.15, -0.1) is 11.6 Å². The maximum atomic E-state index is 6.05. The lowest BCUT2D eigenvalue weighted by atomic mass is 9.98. The molecule has 2 unspecified atom stereocenters. The zero-order valence-corrected chi connectivity index (χ0v) is 13.6. The van der Waals surface area contributed by atoms with E-state index >= 15 is 0 Å². The number of pyridine rings is 1. The Morgan fingerprint density at radius 1 is 1.20 bits per heavy atom. The number of aromatic nitrogens is 1. The Balaban J connectivity index is 1.79. The van der Waals surface area contributed by atoms with Gasteiger partial charge in [-0.3, -0.25) is 0 Å². The molecule has 3 rings (SSSR count). The Hall–Kier alpha value is -0.800. The van der Waals surface area contributed by atoms with Gasteiger partial charge in [0.25, 0.3) is 0 Å². The van der Waals surface area contributed by atoms with E-state index in [1.807, 2.05) is 12.3 Å². The summed E-state index contributed by atoms with van der Waals surface area (Å²) in [5.74, 6) is 3.09. The number of nitrogens with zero attached hydrogens (tertiary/aromatic N) is 1. The minimum atomic E-state index is 0.658. The van der Waals surface area contributed by atoms with Crippen LogP contribution < -0.4 is 5.32 Å². The van der Waals surface area contributed by atoms with E-state index in [1.54, 1.807) is 0 Å². The first-order chi connectivity index (χ1) is 9.79. The van der Waals surface area contributed by atoms with Gasteiger partial charge in [0.1, 0.15) is 5.82 Å². The van der Waals surface area contributed by atoms with Crippen molar-refractivity contribution in [3.05, 3.63) is 34.9 Å². The lowest BCUT2D eigenvalue weighted by Crippen LogP contribution is -2.19. The van der Waals surface area contributed by atoms with E-state index in [0.717, 1.165) is 22.7 Å². The molecule has 1 fully saturated rings. The van der Waals surface area contributed by atoms with Gasteiger partial charge in [-0.25, -0.2) is 4.98 Å². The molecule has 1 N–H and O–H groups in total. The molecule has 1 heterocycles. The van der Waals surface area contributed by atoms with Crippen LogP contribution in [0.1, 0.15) is 19.3 Å². The molecule has 0 aliphatic heterocycles. The van der Waals surface area contributed by atoms with E-state index in [4.69, 9.17) is 11.6 Å². The van der Waals surface area contributed by atoms with E-state index < -0.39 is 0 Å². The SMILES string of the molecule is ClCC1CCCC1CNc1nccc2c(Br)cccc12. The highest BCUT2D eigenvalue weighted by Crippen LogP contribution is 2.33. The van der Waals surface area contributed by atoms with E-state index in [1.165, 1.54) is 30.0 Å². The van der Waals surface area contributed by atoms with Crippen LogP contribution >= 0.6 is 27.5 Å². The summed E-state index contributed by atoms with van der Waals surface area (Å²) >= 11 is 9.65. The molecule has 106 valence electrons. The van der Waals surface area contributed by atoms with Crippen molar-refractivity contribution in [2.75, 3.05) is 17.7 Å². The minimum Gasteiger partial charge on any atom is -0.369 e. The number of rotatable bonds is 4. The number of fused-ring (bicyclic) bond motifs is 1. The second-order valence-electron chi connectivity index (χ2n) is 5.48. The van der Waals surface area contributed by atoms with E-state index in [0.29, 0.717) is 11.8 Å². The summed E-state index contributed by atoms with van der Waals surface area (Å²) in [5.41, 5.74) is 0. The molecule has 0 bridgehead atoms. The lowest BCUT2D eigenvalue weighted by Gasteiger charge is -2.18. The van der Waals surface area contributed by atoms with Gasteiger partial charge in [0.15, 0.2) is 0 Å². The van der Waals surface area contributed by atoms with E-state index in [-0.39, 0.29) is 0 Å². The first kappa shape index (κ1) is 14.2. The van der Waals surface area contributed by atoms with Gasteiger partial charge < -0.3 is 5.32 Å². The maximum absolute atomic E-state index is 6.05. The third-order valence-corrected chi connectivity index (χ3v) is 5.39. The summed E-state index contributed by atoms with van der Waals surface area (Å²) < 4.78 is 1.11. The first-order valence-corrected chi connectivity index (χ1v) is 8.45. The van der Waals surface area contributed by atoms with Crippen LogP contribution in [0.4, 0.5) is 5.82 Å². The first-order valence-electron chi connectivity index (χ1n) is 7.12. The molecule has 0 amide bonds. The smallest absolute Gasteiger partial charge is 0.133 e. The van der Waals surface area contributed by atoms with Crippen LogP contribution in [0.2, 0.25) is 0 Å². The Morgan fingerprint density at radius 2 is 2.05 bits per heavy atom. The third-order valence-electron chi connectivity index (χ3n) is 4.30. The number of hydrogen-bond acceptors (Lipinski definition) is 2. The van der Waals surface area contributed by atoms with Crippen molar-refractivity contribution in [1.82, 2.24) is 4.98 Å².